The zero-order valence-corrected chi connectivity index (χ0v) is 27.1. The Bertz CT molecular complexity index is 1310. The molecule has 0 aromatic heterocycles. The third-order valence-corrected chi connectivity index (χ3v) is 9.51. The smallest absolute Gasteiger partial charge is 0.228 e. The Kier molecular flexibility index (Phi) is 13.5. The van der Waals surface area contributed by atoms with Crippen LogP contribution in [0.3, 0.4) is 0 Å². The molecule has 0 aliphatic rings. The number of unbranched alkanes of at least 4 members (excludes halogenated alkanes) is 1. The molecule has 0 saturated carbocycles. The fourth-order valence-electron chi connectivity index (χ4n) is 4.26. The molecule has 0 fully saturated rings. The third kappa shape index (κ3) is 11.7. The van der Waals surface area contributed by atoms with Crippen LogP contribution < -0.4 is 21.3 Å². The highest BCUT2D eigenvalue weighted by atomic mass is 32.2. The fourth-order valence-corrected chi connectivity index (χ4v) is 6.42. The minimum Gasteiger partial charge on any atom is -0.356 e. The molecule has 2 unspecified atom stereocenters. The molecule has 0 spiro atoms. The van der Waals surface area contributed by atoms with Crippen molar-refractivity contribution in [1.82, 2.24) is 0 Å². The Morgan fingerprint density at radius 1 is 0.500 bits per heavy atom. The lowest BCUT2D eigenvalue weighted by Gasteiger charge is -2.13. The van der Waals surface area contributed by atoms with Gasteiger partial charge < -0.3 is 21.3 Å². The SMILES string of the molecule is CC(CSCCCCSCC(C)C(=O)Nc1ccc(Nc2ccccc2)cc1)C(=O)Nc1ccc(Nc2ccccc2)cc1. The molecule has 0 bridgehead atoms. The van der Waals surface area contributed by atoms with Gasteiger partial charge in [0.25, 0.3) is 0 Å². The first-order valence-corrected chi connectivity index (χ1v) is 17.4. The maximum atomic E-state index is 12.6. The summed E-state index contributed by atoms with van der Waals surface area (Å²) >= 11 is 3.65. The van der Waals surface area contributed by atoms with Crippen LogP contribution in [0.2, 0.25) is 0 Å². The van der Waals surface area contributed by atoms with Gasteiger partial charge in [-0.2, -0.15) is 23.5 Å². The van der Waals surface area contributed by atoms with E-state index in [2.05, 4.69) is 21.3 Å². The molecule has 2 amide bonds. The van der Waals surface area contributed by atoms with E-state index in [1.54, 1.807) is 0 Å². The quantitative estimate of drug-likeness (QED) is 0.0875. The standard InChI is InChI=1S/C36H42N4O2S2/c1-27(35(41)39-33-19-15-31(16-20-33)37-29-11-5-3-6-12-29)25-43-23-9-10-24-44-26-28(2)36(42)40-34-21-17-32(18-22-34)38-30-13-7-4-8-14-30/h3-8,11-22,27-28,37-38H,9-10,23-26H2,1-2H3,(H,39,41)(H,40,42). The molecule has 0 aliphatic carbocycles. The zero-order valence-electron chi connectivity index (χ0n) is 25.4. The largest absolute Gasteiger partial charge is 0.356 e. The molecular formula is C36H42N4O2S2. The Balaban J connectivity index is 1.02. The van der Waals surface area contributed by atoms with Gasteiger partial charge in [-0.05, 0) is 97.1 Å². The van der Waals surface area contributed by atoms with Crippen molar-refractivity contribution in [1.29, 1.82) is 0 Å². The van der Waals surface area contributed by atoms with Gasteiger partial charge in [0, 0.05) is 57.5 Å². The number of rotatable bonds is 17. The number of hydrogen-bond donors (Lipinski definition) is 4. The van der Waals surface area contributed by atoms with E-state index in [4.69, 9.17) is 0 Å². The zero-order chi connectivity index (χ0) is 31.0. The van der Waals surface area contributed by atoms with E-state index in [-0.39, 0.29) is 23.7 Å². The van der Waals surface area contributed by atoms with Crippen molar-refractivity contribution in [3.63, 3.8) is 0 Å². The van der Waals surface area contributed by atoms with Crippen molar-refractivity contribution in [2.75, 3.05) is 44.3 Å². The van der Waals surface area contributed by atoms with Crippen LogP contribution in [0.25, 0.3) is 0 Å². The number of anilines is 6. The van der Waals surface area contributed by atoms with Crippen LogP contribution in [-0.2, 0) is 9.59 Å². The molecule has 8 heteroatoms. The summed E-state index contributed by atoms with van der Waals surface area (Å²) in [5, 5.41) is 12.8. The first-order valence-electron chi connectivity index (χ1n) is 15.1. The minimum absolute atomic E-state index is 0.0453. The average molecular weight is 627 g/mol. The Hall–Kier alpha value is -3.88. The average Bonchev–Trinajstić information content (AvgIpc) is 3.05. The second-order valence-electron chi connectivity index (χ2n) is 10.8. The summed E-state index contributed by atoms with van der Waals surface area (Å²) in [6.45, 7) is 3.96. The van der Waals surface area contributed by atoms with E-state index >= 15 is 0 Å². The predicted octanol–water partition coefficient (Wildman–Crippen LogP) is 9.27. The highest BCUT2D eigenvalue weighted by Crippen LogP contribution is 2.22. The van der Waals surface area contributed by atoms with Gasteiger partial charge in [-0.3, -0.25) is 9.59 Å². The van der Waals surface area contributed by atoms with Crippen LogP contribution >= 0.6 is 23.5 Å². The van der Waals surface area contributed by atoms with Crippen molar-refractivity contribution in [3.8, 4) is 0 Å². The molecule has 0 heterocycles. The van der Waals surface area contributed by atoms with Crippen molar-refractivity contribution >= 4 is 69.5 Å². The van der Waals surface area contributed by atoms with Crippen molar-refractivity contribution < 1.29 is 9.59 Å². The van der Waals surface area contributed by atoms with Crippen LogP contribution in [0.4, 0.5) is 34.1 Å². The summed E-state index contributed by atoms with van der Waals surface area (Å²) in [5.41, 5.74) is 5.63. The molecule has 230 valence electrons. The predicted molar refractivity (Wildman–Crippen MR) is 192 cm³/mol. The number of benzene rings is 4. The third-order valence-electron chi connectivity index (χ3n) is 6.89. The second kappa shape index (κ2) is 18.0. The van der Waals surface area contributed by atoms with Crippen LogP contribution in [0, 0.1) is 11.8 Å². The normalized spacial score (nSPS) is 12.1. The molecular weight excluding hydrogens is 585 g/mol. The molecule has 4 rings (SSSR count). The van der Waals surface area contributed by atoms with Crippen molar-refractivity contribution in [2.24, 2.45) is 11.8 Å². The number of carbonyl (C=O) groups is 2. The number of hydrogen-bond acceptors (Lipinski definition) is 6. The molecule has 4 N–H and O–H groups in total. The lowest BCUT2D eigenvalue weighted by atomic mass is 10.2. The maximum Gasteiger partial charge on any atom is 0.228 e. The first kappa shape index (κ1) is 33.0. The van der Waals surface area contributed by atoms with Gasteiger partial charge in [-0.1, -0.05) is 50.2 Å². The number of thioether (sulfide) groups is 2. The summed E-state index contributed by atoms with van der Waals surface area (Å²) in [7, 11) is 0. The summed E-state index contributed by atoms with van der Waals surface area (Å²) in [6, 6.07) is 35.6. The van der Waals surface area contributed by atoms with E-state index in [0.29, 0.717) is 0 Å². The van der Waals surface area contributed by atoms with E-state index in [9.17, 15) is 9.59 Å². The second-order valence-corrected chi connectivity index (χ2v) is 13.1. The number of nitrogens with one attached hydrogen (secondary N) is 4. The lowest BCUT2D eigenvalue weighted by molar-refractivity contribution is -0.119. The van der Waals surface area contributed by atoms with Crippen molar-refractivity contribution in [3.05, 3.63) is 109 Å². The van der Waals surface area contributed by atoms with Crippen LogP contribution in [0.15, 0.2) is 109 Å². The molecule has 4 aromatic rings. The van der Waals surface area contributed by atoms with E-state index in [0.717, 1.165) is 70.0 Å². The van der Waals surface area contributed by atoms with Gasteiger partial charge in [-0.15, -0.1) is 0 Å². The van der Waals surface area contributed by atoms with Gasteiger partial charge in [0.2, 0.25) is 11.8 Å². The van der Waals surface area contributed by atoms with Gasteiger partial charge in [0.05, 0.1) is 0 Å². The van der Waals surface area contributed by atoms with E-state index in [1.807, 2.05) is 147 Å². The fraction of sp³-hybridized carbons (Fsp3) is 0.278. The van der Waals surface area contributed by atoms with Crippen LogP contribution in [0.5, 0.6) is 0 Å². The van der Waals surface area contributed by atoms with Gasteiger partial charge in [-0.25, -0.2) is 0 Å². The first-order chi connectivity index (χ1) is 21.5. The number of carbonyl (C=O) groups excluding carboxylic acids is 2. The highest BCUT2D eigenvalue weighted by molar-refractivity contribution is 7.99. The van der Waals surface area contributed by atoms with Crippen LogP contribution in [-0.4, -0.2) is 34.8 Å². The molecule has 0 saturated heterocycles. The molecule has 2 atom stereocenters. The summed E-state index contributed by atoms with van der Waals surface area (Å²) < 4.78 is 0. The Labute approximate surface area is 270 Å². The van der Waals surface area contributed by atoms with E-state index < -0.39 is 0 Å². The number of para-hydroxylation sites is 2. The lowest BCUT2D eigenvalue weighted by Crippen LogP contribution is -2.22. The van der Waals surface area contributed by atoms with Gasteiger partial charge >= 0.3 is 0 Å². The van der Waals surface area contributed by atoms with Gasteiger partial charge in [0.1, 0.15) is 0 Å². The van der Waals surface area contributed by atoms with E-state index in [1.165, 1.54) is 0 Å². The summed E-state index contributed by atoms with van der Waals surface area (Å²) in [6.07, 6.45) is 2.21. The molecule has 0 aliphatic heterocycles. The Morgan fingerprint density at radius 2 is 0.818 bits per heavy atom. The summed E-state index contributed by atoms with van der Waals surface area (Å²) in [4.78, 5) is 25.3. The minimum atomic E-state index is -0.0628. The molecule has 4 aromatic carbocycles. The molecule has 6 nitrogen and oxygen atoms in total. The molecule has 44 heavy (non-hydrogen) atoms. The highest BCUT2D eigenvalue weighted by Gasteiger charge is 2.14. The van der Waals surface area contributed by atoms with Crippen LogP contribution in [0.1, 0.15) is 26.7 Å². The summed E-state index contributed by atoms with van der Waals surface area (Å²) in [5.74, 6) is 3.62. The van der Waals surface area contributed by atoms with Gasteiger partial charge in [0.15, 0.2) is 0 Å². The Morgan fingerprint density at radius 3 is 1.18 bits per heavy atom. The monoisotopic (exact) mass is 626 g/mol. The molecule has 0 radical (unpaired) electrons. The number of amides is 2. The maximum absolute atomic E-state index is 12.6. The topological polar surface area (TPSA) is 82.3 Å². The van der Waals surface area contributed by atoms with Crippen molar-refractivity contribution in [2.45, 2.75) is 26.7 Å².